The van der Waals surface area contributed by atoms with Crippen LogP contribution in [0.15, 0.2) is 41.8 Å². The van der Waals surface area contributed by atoms with E-state index >= 15 is 0 Å². The molecule has 5 heteroatoms. The van der Waals surface area contributed by atoms with Crippen LogP contribution in [-0.2, 0) is 11.3 Å². The Hall–Kier alpha value is -1.85. The molecule has 1 saturated heterocycles. The zero-order valence-corrected chi connectivity index (χ0v) is 13.4. The molecular weight excluding hydrogens is 294 g/mol. The van der Waals surface area contributed by atoms with Crippen LogP contribution in [0, 0.1) is 0 Å². The zero-order chi connectivity index (χ0) is 15.2. The van der Waals surface area contributed by atoms with E-state index < -0.39 is 0 Å². The molecule has 3 rings (SSSR count). The summed E-state index contributed by atoms with van der Waals surface area (Å²) in [6.07, 6.45) is 2.54. The Balaban J connectivity index is 1.44. The van der Waals surface area contributed by atoms with E-state index in [1.165, 1.54) is 23.4 Å². The number of nitrogens with zero attached hydrogens (tertiary/aromatic N) is 1. The maximum atomic E-state index is 11.9. The Morgan fingerprint density at radius 3 is 2.59 bits per heavy atom. The lowest BCUT2D eigenvalue weighted by Gasteiger charge is -2.17. The van der Waals surface area contributed by atoms with Gasteiger partial charge >= 0.3 is 0 Å². The van der Waals surface area contributed by atoms with Crippen molar-refractivity contribution in [1.82, 2.24) is 5.32 Å². The van der Waals surface area contributed by atoms with E-state index in [2.05, 4.69) is 33.7 Å². The fourth-order valence-corrected chi connectivity index (χ4v) is 3.32. The molecule has 2 heterocycles. The van der Waals surface area contributed by atoms with Gasteiger partial charge in [-0.2, -0.15) is 0 Å². The van der Waals surface area contributed by atoms with Crippen LogP contribution in [0.4, 0.5) is 11.4 Å². The van der Waals surface area contributed by atoms with Crippen LogP contribution in [0.1, 0.15) is 17.7 Å². The summed E-state index contributed by atoms with van der Waals surface area (Å²) in [5, 5.41) is 8.12. The van der Waals surface area contributed by atoms with E-state index in [0.717, 1.165) is 25.3 Å². The Bertz CT molecular complexity index is 589. The minimum atomic E-state index is -0.00882. The van der Waals surface area contributed by atoms with Crippen LogP contribution in [0.5, 0.6) is 0 Å². The minimum Gasteiger partial charge on any atom is -0.372 e. The van der Waals surface area contributed by atoms with Crippen LogP contribution >= 0.6 is 11.3 Å². The minimum absolute atomic E-state index is 0.00882. The molecule has 4 nitrogen and oxygen atoms in total. The first-order valence-electron chi connectivity index (χ1n) is 7.69. The highest BCUT2D eigenvalue weighted by atomic mass is 32.1. The third-order valence-electron chi connectivity index (χ3n) is 3.79. The van der Waals surface area contributed by atoms with Crippen molar-refractivity contribution >= 4 is 28.6 Å². The van der Waals surface area contributed by atoms with Gasteiger partial charge < -0.3 is 15.5 Å². The molecule has 2 aromatic rings. The van der Waals surface area contributed by atoms with Crippen molar-refractivity contribution in [3.8, 4) is 0 Å². The van der Waals surface area contributed by atoms with Gasteiger partial charge in [-0.1, -0.05) is 6.07 Å². The molecule has 1 amide bonds. The fraction of sp³-hybridized carbons (Fsp3) is 0.353. The van der Waals surface area contributed by atoms with Gasteiger partial charge in [-0.25, -0.2) is 0 Å². The number of hydrogen-bond donors (Lipinski definition) is 2. The summed E-state index contributed by atoms with van der Waals surface area (Å²) >= 11 is 1.69. The average Bonchev–Trinajstić information content (AvgIpc) is 3.21. The normalized spacial score (nSPS) is 14.3. The Morgan fingerprint density at radius 2 is 1.91 bits per heavy atom. The summed E-state index contributed by atoms with van der Waals surface area (Å²) in [5.41, 5.74) is 2.09. The molecule has 1 aromatic carbocycles. The maximum absolute atomic E-state index is 11.9. The van der Waals surface area contributed by atoms with Gasteiger partial charge in [-0.15, -0.1) is 11.3 Å². The topological polar surface area (TPSA) is 44.4 Å². The zero-order valence-electron chi connectivity index (χ0n) is 12.5. The number of rotatable bonds is 6. The van der Waals surface area contributed by atoms with E-state index in [1.54, 1.807) is 11.3 Å². The number of nitrogens with one attached hydrogen (secondary N) is 2. The van der Waals surface area contributed by atoms with E-state index in [1.807, 2.05) is 23.6 Å². The molecule has 0 unspecified atom stereocenters. The number of thiophene rings is 1. The third-order valence-corrected chi connectivity index (χ3v) is 4.66. The highest BCUT2D eigenvalue weighted by Gasteiger charge is 2.12. The number of benzene rings is 1. The van der Waals surface area contributed by atoms with Crippen molar-refractivity contribution < 1.29 is 4.79 Å². The van der Waals surface area contributed by atoms with Gasteiger partial charge in [0.1, 0.15) is 0 Å². The number of anilines is 2. The molecule has 0 aliphatic carbocycles. The standard InChI is InChI=1S/C17H21N3OS/c21-17(13-18-12-16-4-3-11-22-16)19-14-5-7-15(8-6-14)20-9-1-2-10-20/h3-8,11,18H,1-2,9-10,12-13H2,(H,19,21). The number of carbonyl (C=O) groups is 1. The SMILES string of the molecule is O=C(CNCc1cccs1)Nc1ccc(N2CCCC2)cc1. The van der Waals surface area contributed by atoms with Gasteiger partial charge in [-0.3, -0.25) is 4.79 Å². The molecule has 1 aromatic heterocycles. The smallest absolute Gasteiger partial charge is 0.238 e. The van der Waals surface area contributed by atoms with Crippen LogP contribution in [-0.4, -0.2) is 25.5 Å². The molecule has 1 aliphatic rings. The lowest BCUT2D eigenvalue weighted by molar-refractivity contribution is -0.115. The molecule has 0 saturated carbocycles. The summed E-state index contributed by atoms with van der Waals surface area (Å²) in [6, 6.07) is 12.2. The van der Waals surface area contributed by atoms with Gasteiger partial charge in [0.25, 0.3) is 0 Å². The second-order valence-corrected chi connectivity index (χ2v) is 6.50. The molecule has 22 heavy (non-hydrogen) atoms. The highest BCUT2D eigenvalue weighted by molar-refractivity contribution is 7.09. The van der Waals surface area contributed by atoms with E-state index in [-0.39, 0.29) is 5.91 Å². The first kappa shape index (κ1) is 15.1. The van der Waals surface area contributed by atoms with Crippen molar-refractivity contribution in [3.05, 3.63) is 46.7 Å². The van der Waals surface area contributed by atoms with Crippen molar-refractivity contribution in [1.29, 1.82) is 0 Å². The van der Waals surface area contributed by atoms with Gasteiger partial charge in [0.2, 0.25) is 5.91 Å². The van der Waals surface area contributed by atoms with Gasteiger partial charge in [0.15, 0.2) is 0 Å². The Kier molecular flexibility index (Phi) is 5.08. The van der Waals surface area contributed by atoms with Gasteiger partial charge in [0, 0.05) is 35.9 Å². The molecular formula is C17H21N3OS. The summed E-state index contributed by atoms with van der Waals surface area (Å²) in [7, 11) is 0. The predicted octanol–water partition coefficient (Wildman–Crippen LogP) is 3.08. The number of amides is 1. The van der Waals surface area contributed by atoms with E-state index in [9.17, 15) is 4.79 Å². The molecule has 0 atom stereocenters. The second kappa shape index (κ2) is 7.42. The molecule has 116 valence electrons. The first-order valence-corrected chi connectivity index (χ1v) is 8.57. The van der Waals surface area contributed by atoms with Crippen LogP contribution in [0.2, 0.25) is 0 Å². The monoisotopic (exact) mass is 315 g/mol. The molecule has 0 spiro atoms. The van der Waals surface area contributed by atoms with Gasteiger partial charge in [0.05, 0.1) is 6.54 Å². The molecule has 0 radical (unpaired) electrons. The van der Waals surface area contributed by atoms with Crippen LogP contribution in [0.3, 0.4) is 0 Å². The van der Waals surface area contributed by atoms with Crippen LogP contribution in [0.25, 0.3) is 0 Å². The molecule has 1 fully saturated rings. The quantitative estimate of drug-likeness (QED) is 0.861. The summed E-state index contributed by atoms with van der Waals surface area (Å²) < 4.78 is 0. The molecule has 1 aliphatic heterocycles. The van der Waals surface area contributed by atoms with Crippen LogP contribution < -0.4 is 15.5 Å². The number of hydrogen-bond acceptors (Lipinski definition) is 4. The van der Waals surface area contributed by atoms with Gasteiger partial charge in [-0.05, 0) is 48.6 Å². The number of carbonyl (C=O) groups excluding carboxylic acids is 1. The first-order chi connectivity index (χ1) is 10.8. The predicted molar refractivity (Wildman–Crippen MR) is 92.5 cm³/mol. The average molecular weight is 315 g/mol. The summed E-state index contributed by atoms with van der Waals surface area (Å²) in [5.74, 6) is -0.00882. The third kappa shape index (κ3) is 4.08. The molecule has 0 bridgehead atoms. The molecule has 2 N–H and O–H groups in total. The summed E-state index contributed by atoms with van der Waals surface area (Å²) in [4.78, 5) is 15.5. The highest BCUT2D eigenvalue weighted by Crippen LogP contribution is 2.21. The van der Waals surface area contributed by atoms with Crippen molar-refractivity contribution in [3.63, 3.8) is 0 Å². The van der Waals surface area contributed by atoms with Crippen molar-refractivity contribution in [2.75, 3.05) is 29.9 Å². The van der Waals surface area contributed by atoms with E-state index in [0.29, 0.717) is 6.54 Å². The largest absolute Gasteiger partial charge is 0.372 e. The maximum Gasteiger partial charge on any atom is 0.238 e. The van der Waals surface area contributed by atoms with E-state index in [4.69, 9.17) is 0 Å². The van der Waals surface area contributed by atoms with Crippen molar-refractivity contribution in [2.45, 2.75) is 19.4 Å². The Morgan fingerprint density at radius 1 is 1.14 bits per heavy atom. The van der Waals surface area contributed by atoms with Crippen molar-refractivity contribution in [2.24, 2.45) is 0 Å². The summed E-state index contributed by atoms with van der Waals surface area (Å²) in [6.45, 7) is 3.33. The lowest BCUT2D eigenvalue weighted by atomic mass is 10.2. The second-order valence-electron chi connectivity index (χ2n) is 5.47. The Labute approximate surface area is 135 Å². The lowest BCUT2D eigenvalue weighted by Crippen LogP contribution is -2.27. The fourth-order valence-electron chi connectivity index (χ4n) is 2.65.